The highest BCUT2D eigenvalue weighted by atomic mass is 32.1. The summed E-state index contributed by atoms with van der Waals surface area (Å²) in [5, 5.41) is 6.28. The molecule has 6 nitrogen and oxygen atoms in total. The molecule has 0 spiro atoms. The van der Waals surface area contributed by atoms with Gasteiger partial charge in [0.1, 0.15) is 5.00 Å². The molecular weight excluding hydrogens is 372 g/mol. The van der Waals surface area contributed by atoms with Crippen LogP contribution in [0.3, 0.4) is 0 Å². The lowest BCUT2D eigenvalue weighted by atomic mass is 9.88. The molecule has 2 heterocycles. The minimum atomic E-state index is -0.444. The summed E-state index contributed by atoms with van der Waals surface area (Å²) >= 11 is 6.73. The van der Waals surface area contributed by atoms with Crippen LogP contribution < -0.4 is 10.6 Å². The topological polar surface area (TPSA) is 80.6 Å². The smallest absolute Gasteiger partial charge is 0.341 e. The normalized spacial score (nSPS) is 15.8. The molecule has 0 fully saturated rings. The van der Waals surface area contributed by atoms with Crippen LogP contribution in [0.1, 0.15) is 51.6 Å². The van der Waals surface area contributed by atoms with Gasteiger partial charge in [-0.2, -0.15) is 0 Å². The van der Waals surface area contributed by atoms with Crippen molar-refractivity contribution in [3.8, 4) is 0 Å². The van der Waals surface area contributed by atoms with Crippen molar-refractivity contribution in [3.63, 3.8) is 0 Å². The summed E-state index contributed by atoms with van der Waals surface area (Å²) in [6.07, 6.45) is 4.22. The maximum atomic E-state index is 12.5. The van der Waals surface area contributed by atoms with Crippen molar-refractivity contribution in [2.24, 2.45) is 5.92 Å². The SMILES string of the molecule is CCOC(=O)c1c(NC(=S)NC(=O)c2ccco2)sc2c1CC[C@@H](C)C2. The second-order valence-corrected chi connectivity index (χ2v) is 7.68. The van der Waals surface area contributed by atoms with Gasteiger partial charge in [-0.25, -0.2) is 4.79 Å². The quantitative estimate of drug-likeness (QED) is 0.609. The average molecular weight is 393 g/mol. The first kappa shape index (κ1) is 18.6. The van der Waals surface area contributed by atoms with Crippen LogP contribution in [0.5, 0.6) is 0 Å². The third-order valence-corrected chi connectivity index (χ3v) is 5.56. The van der Waals surface area contributed by atoms with Gasteiger partial charge in [0, 0.05) is 4.88 Å². The van der Waals surface area contributed by atoms with E-state index in [2.05, 4.69) is 17.6 Å². The van der Waals surface area contributed by atoms with E-state index in [-0.39, 0.29) is 16.8 Å². The number of rotatable bonds is 4. The fraction of sp³-hybridized carbons (Fsp3) is 0.389. The summed E-state index contributed by atoms with van der Waals surface area (Å²) in [6.45, 7) is 4.28. The van der Waals surface area contributed by atoms with Crippen LogP contribution in [0.2, 0.25) is 0 Å². The van der Waals surface area contributed by atoms with E-state index in [9.17, 15) is 9.59 Å². The monoisotopic (exact) mass is 392 g/mol. The lowest BCUT2D eigenvalue weighted by Crippen LogP contribution is -2.34. The molecule has 0 unspecified atom stereocenters. The van der Waals surface area contributed by atoms with Gasteiger partial charge in [-0.3, -0.25) is 10.1 Å². The first-order valence-electron chi connectivity index (χ1n) is 8.47. The zero-order valence-electron chi connectivity index (χ0n) is 14.6. The third kappa shape index (κ3) is 3.96. The van der Waals surface area contributed by atoms with Gasteiger partial charge in [-0.1, -0.05) is 6.92 Å². The Morgan fingerprint density at radius 3 is 2.96 bits per heavy atom. The molecule has 0 aliphatic heterocycles. The molecule has 0 saturated carbocycles. The summed E-state index contributed by atoms with van der Waals surface area (Å²) in [6, 6.07) is 3.17. The second-order valence-electron chi connectivity index (χ2n) is 6.16. The highest BCUT2D eigenvalue weighted by molar-refractivity contribution is 7.80. The van der Waals surface area contributed by atoms with Gasteiger partial charge in [0.05, 0.1) is 18.4 Å². The Bertz CT molecular complexity index is 827. The number of esters is 1. The predicted molar refractivity (Wildman–Crippen MR) is 104 cm³/mol. The van der Waals surface area contributed by atoms with Crippen LogP contribution in [-0.2, 0) is 17.6 Å². The maximum absolute atomic E-state index is 12.5. The van der Waals surface area contributed by atoms with E-state index >= 15 is 0 Å². The number of ether oxygens (including phenoxy) is 1. The number of hydrogen-bond donors (Lipinski definition) is 2. The fourth-order valence-electron chi connectivity index (χ4n) is 2.96. The molecule has 0 saturated heterocycles. The summed E-state index contributed by atoms with van der Waals surface area (Å²) in [5.74, 6) is -0.0592. The molecule has 138 valence electrons. The summed E-state index contributed by atoms with van der Waals surface area (Å²) in [7, 11) is 0. The minimum Gasteiger partial charge on any atom is -0.462 e. The molecule has 3 rings (SSSR count). The molecule has 2 aromatic rings. The Hall–Kier alpha value is -2.19. The van der Waals surface area contributed by atoms with E-state index in [1.807, 2.05) is 0 Å². The highest BCUT2D eigenvalue weighted by Crippen LogP contribution is 2.40. The van der Waals surface area contributed by atoms with Crippen molar-refractivity contribution in [2.75, 3.05) is 11.9 Å². The highest BCUT2D eigenvalue weighted by Gasteiger charge is 2.29. The molecule has 1 amide bonds. The van der Waals surface area contributed by atoms with E-state index in [0.29, 0.717) is 23.1 Å². The number of nitrogens with one attached hydrogen (secondary N) is 2. The van der Waals surface area contributed by atoms with E-state index in [1.165, 1.54) is 22.5 Å². The predicted octanol–water partition coefficient (Wildman–Crippen LogP) is 3.77. The second kappa shape index (κ2) is 8.01. The van der Waals surface area contributed by atoms with Crippen LogP contribution in [0.25, 0.3) is 0 Å². The van der Waals surface area contributed by atoms with Crippen molar-refractivity contribution in [1.82, 2.24) is 5.32 Å². The average Bonchev–Trinajstić information content (AvgIpc) is 3.21. The van der Waals surface area contributed by atoms with E-state index in [0.717, 1.165) is 24.8 Å². The number of amides is 1. The van der Waals surface area contributed by atoms with E-state index < -0.39 is 5.91 Å². The van der Waals surface area contributed by atoms with Crippen molar-refractivity contribution in [2.45, 2.75) is 33.1 Å². The number of furan rings is 1. The zero-order chi connectivity index (χ0) is 18.7. The van der Waals surface area contributed by atoms with Gasteiger partial charge in [0.15, 0.2) is 10.9 Å². The maximum Gasteiger partial charge on any atom is 0.341 e. The Kier molecular flexibility index (Phi) is 5.73. The lowest BCUT2D eigenvalue weighted by Gasteiger charge is -2.18. The molecule has 1 aliphatic rings. The van der Waals surface area contributed by atoms with Gasteiger partial charge < -0.3 is 14.5 Å². The third-order valence-electron chi connectivity index (χ3n) is 4.19. The van der Waals surface area contributed by atoms with Gasteiger partial charge in [0.25, 0.3) is 5.91 Å². The first-order chi connectivity index (χ1) is 12.5. The minimum absolute atomic E-state index is 0.114. The van der Waals surface area contributed by atoms with Crippen LogP contribution in [0.15, 0.2) is 22.8 Å². The molecule has 0 bridgehead atoms. The standard InChI is InChI=1S/C18H20N2O4S2/c1-3-23-17(22)14-11-7-6-10(2)9-13(11)26-16(14)20-18(25)19-15(21)12-5-4-8-24-12/h4-5,8,10H,3,6-7,9H2,1-2H3,(H2,19,20,21,25)/t10-/m1/s1. The molecular formula is C18H20N2O4S2. The van der Waals surface area contributed by atoms with E-state index in [4.69, 9.17) is 21.4 Å². The number of hydrogen-bond acceptors (Lipinski definition) is 6. The van der Waals surface area contributed by atoms with Crippen molar-refractivity contribution in [3.05, 3.63) is 40.2 Å². The molecule has 0 aromatic carbocycles. The molecule has 1 atom stereocenters. The Balaban J connectivity index is 1.81. The number of carbonyl (C=O) groups is 2. The van der Waals surface area contributed by atoms with Crippen LogP contribution in [0.4, 0.5) is 5.00 Å². The van der Waals surface area contributed by atoms with Crippen LogP contribution in [0, 0.1) is 5.92 Å². The Labute approximate surface area is 160 Å². The lowest BCUT2D eigenvalue weighted by molar-refractivity contribution is 0.0526. The fourth-order valence-corrected chi connectivity index (χ4v) is 4.63. The molecule has 0 radical (unpaired) electrons. The number of fused-ring (bicyclic) bond motifs is 1. The number of thiophene rings is 1. The number of anilines is 1. The van der Waals surface area contributed by atoms with Gasteiger partial charge >= 0.3 is 5.97 Å². The summed E-state index contributed by atoms with van der Waals surface area (Å²) < 4.78 is 10.3. The first-order valence-corrected chi connectivity index (χ1v) is 9.69. The number of thiocarbonyl (C=S) groups is 1. The summed E-state index contributed by atoms with van der Waals surface area (Å²) in [5.41, 5.74) is 1.57. The molecule has 26 heavy (non-hydrogen) atoms. The Morgan fingerprint density at radius 1 is 1.46 bits per heavy atom. The number of carbonyl (C=O) groups excluding carboxylic acids is 2. The molecule has 8 heteroatoms. The van der Waals surface area contributed by atoms with Gasteiger partial charge in [-0.05, 0) is 62.0 Å². The van der Waals surface area contributed by atoms with Crippen molar-refractivity contribution in [1.29, 1.82) is 0 Å². The molecule has 2 N–H and O–H groups in total. The Morgan fingerprint density at radius 2 is 2.27 bits per heavy atom. The molecule has 1 aliphatic carbocycles. The van der Waals surface area contributed by atoms with Crippen molar-refractivity contribution < 1.29 is 18.7 Å². The summed E-state index contributed by atoms with van der Waals surface area (Å²) in [4.78, 5) is 25.7. The van der Waals surface area contributed by atoms with Crippen molar-refractivity contribution >= 4 is 45.5 Å². The van der Waals surface area contributed by atoms with E-state index in [1.54, 1.807) is 19.1 Å². The van der Waals surface area contributed by atoms with Crippen LogP contribution in [-0.4, -0.2) is 23.6 Å². The van der Waals surface area contributed by atoms with Gasteiger partial charge in [-0.15, -0.1) is 11.3 Å². The largest absolute Gasteiger partial charge is 0.462 e. The zero-order valence-corrected chi connectivity index (χ0v) is 16.2. The van der Waals surface area contributed by atoms with Crippen LogP contribution >= 0.6 is 23.6 Å². The van der Waals surface area contributed by atoms with Gasteiger partial charge in [0.2, 0.25) is 0 Å². The molecule has 2 aromatic heterocycles.